The maximum atomic E-state index is 4.09. The summed E-state index contributed by atoms with van der Waals surface area (Å²) in [6.07, 6.45) is 3.24. The van der Waals surface area contributed by atoms with Crippen LogP contribution in [0.25, 0.3) is 11.0 Å². The zero-order chi connectivity index (χ0) is 7.97. The van der Waals surface area contributed by atoms with E-state index < -0.39 is 0 Å². The molecule has 0 amide bonds. The fourth-order valence-corrected chi connectivity index (χ4v) is 1.41. The van der Waals surface area contributed by atoms with Gasteiger partial charge < -0.3 is 5.32 Å². The van der Waals surface area contributed by atoms with Gasteiger partial charge in [-0.15, -0.1) is 5.10 Å². The van der Waals surface area contributed by atoms with Gasteiger partial charge in [-0.2, -0.15) is 5.10 Å². The molecule has 1 aliphatic rings. The van der Waals surface area contributed by atoms with Crippen LogP contribution in [-0.2, 0) is 6.54 Å². The highest BCUT2D eigenvalue weighted by Gasteiger charge is 2.15. The smallest absolute Gasteiger partial charge is 0.187 e. The molecule has 58 valence electrons. The first kappa shape index (κ1) is 5.82. The number of rotatable bonds is 0. The molecule has 0 saturated carbocycles. The average Bonchev–Trinajstić information content (AvgIpc) is 2.52. The molecule has 3 heterocycles. The van der Waals surface area contributed by atoms with E-state index in [1.54, 1.807) is 6.20 Å². The van der Waals surface area contributed by atoms with Crippen molar-refractivity contribution < 1.29 is 0 Å². The molecule has 1 N–H and O–H groups in total. The maximum absolute atomic E-state index is 4.09. The highest BCUT2D eigenvalue weighted by Crippen LogP contribution is 2.26. The minimum atomic E-state index is 0.669. The van der Waals surface area contributed by atoms with Crippen LogP contribution in [0.2, 0.25) is 0 Å². The molecule has 1 aliphatic heterocycles. The lowest BCUT2D eigenvalue weighted by Gasteiger charge is -1.94. The number of nitrogens with one attached hydrogen (secondary N) is 1. The number of aromatic nitrogens is 4. The van der Waals surface area contributed by atoms with Gasteiger partial charge in [0.15, 0.2) is 5.65 Å². The molecule has 5 heteroatoms. The standard InChI is InChI=1S/C7H5N5/c1-4-2-11-12-7-5(4)6(8-1)9-3-10-7/h2-3H,1H2,(H,8,9,10,12). The van der Waals surface area contributed by atoms with E-state index in [1.807, 2.05) is 0 Å². The molecule has 0 saturated heterocycles. The predicted molar refractivity (Wildman–Crippen MR) is 42.5 cm³/mol. The Morgan fingerprint density at radius 2 is 2.33 bits per heavy atom. The Bertz CT molecular complexity index is 414. The van der Waals surface area contributed by atoms with Crippen LogP contribution in [0.4, 0.5) is 5.82 Å². The molecule has 0 spiro atoms. The molecule has 3 rings (SSSR count). The SMILES string of the molecule is c1nc2c3c(cnnc3n1)CN2. The van der Waals surface area contributed by atoms with Gasteiger partial charge in [0.05, 0.1) is 11.6 Å². The van der Waals surface area contributed by atoms with E-state index in [2.05, 4.69) is 25.5 Å². The summed E-state index contributed by atoms with van der Waals surface area (Å²) >= 11 is 0. The second kappa shape index (κ2) is 1.88. The Labute approximate surface area is 67.9 Å². The Kier molecular flexibility index (Phi) is 0.910. The van der Waals surface area contributed by atoms with E-state index >= 15 is 0 Å². The van der Waals surface area contributed by atoms with E-state index in [9.17, 15) is 0 Å². The number of hydrogen-bond acceptors (Lipinski definition) is 5. The first-order valence-corrected chi connectivity index (χ1v) is 3.64. The van der Waals surface area contributed by atoms with E-state index in [0.717, 1.165) is 23.3 Å². The van der Waals surface area contributed by atoms with Crippen molar-refractivity contribution >= 4 is 16.9 Å². The van der Waals surface area contributed by atoms with Gasteiger partial charge in [-0.05, 0) is 0 Å². The van der Waals surface area contributed by atoms with E-state index in [0.29, 0.717) is 5.65 Å². The van der Waals surface area contributed by atoms with E-state index in [1.165, 1.54) is 6.33 Å². The lowest BCUT2D eigenvalue weighted by Crippen LogP contribution is -1.90. The van der Waals surface area contributed by atoms with Crippen LogP contribution in [0.5, 0.6) is 0 Å². The third-order valence-corrected chi connectivity index (χ3v) is 1.96. The number of nitrogens with zero attached hydrogens (tertiary/aromatic N) is 4. The van der Waals surface area contributed by atoms with Gasteiger partial charge in [0.2, 0.25) is 0 Å². The summed E-state index contributed by atoms with van der Waals surface area (Å²) in [5, 5.41) is 11.9. The van der Waals surface area contributed by atoms with Crippen LogP contribution >= 0.6 is 0 Å². The van der Waals surface area contributed by atoms with Gasteiger partial charge >= 0.3 is 0 Å². The molecule has 0 fully saturated rings. The first-order valence-electron chi connectivity index (χ1n) is 3.64. The fraction of sp³-hybridized carbons (Fsp3) is 0.143. The van der Waals surface area contributed by atoms with Crippen molar-refractivity contribution in [2.75, 3.05) is 5.32 Å². The largest absolute Gasteiger partial charge is 0.365 e. The Morgan fingerprint density at radius 1 is 1.33 bits per heavy atom. The molecule has 2 aromatic heterocycles. The molecule has 0 bridgehead atoms. The van der Waals surface area contributed by atoms with E-state index in [-0.39, 0.29) is 0 Å². The summed E-state index contributed by atoms with van der Waals surface area (Å²) in [6.45, 7) is 0.778. The van der Waals surface area contributed by atoms with Crippen molar-refractivity contribution in [3.8, 4) is 0 Å². The molecule has 0 unspecified atom stereocenters. The van der Waals surface area contributed by atoms with Crippen LogP contribution in [-0.4, -0.2) is 20.2 Å². The highest BCUT2D eigenvalue weighted by molar-refractivity contribution is 5.91. The summed E-state index contributed by atoms with van der Waals surface area (Å²) in [5.74, 6) is 0.866. The normalized spacial score (nSPS) is 13.3. The van der Waals surface area contributed by atoms with Crippen molar-refractivity contribution in [1.29, 1.82) is 0 Å². The minimum Gasteiger partial charge on any atom is -0.365 e. The molecule has 12 heavy (non-hydrogen) atoms. The van der Waals surface area contributed by atoms with Gasteiger partial charge in [-0.1, -0.05) is 0 Å². The van der Waals surface area contributed by atoms with Crippen molar-refractivity contribution in [2.24, 2.45) is 0 Å². The molecule has 5 nitrogen and oxygen atoms in total. The molecule has 0 radical (unpaired) electrons. The van der Waals surface area contributed by atoms with Gasteiger partial charge in [0.1, 0.15) is 12.1 Å². The Balaban J connectivity index is 2.58. The topological polar surface area (TPSA) is 63.6 Å². The number of anilines is 1. The minimum absolute atomic E-state index is 0.669. The van der Waals surface area contributed by atoms with Crippen LogP contribution < -0.4 is 5.32 Å². The predicted octanol–water partition coefficient (Wildman–Crippen LogP) is 0.345. The van der Waals surface area contributed by atoms with Crippen LogP contribution in [0.1, 0.15) is 5.56 Å². The molecule has 0 aromatic carbocycles. The Hall–Kier alpha value is -1.78. The van der Waals surface area contributed by atoms with Crippen LogP contribution in [0.15, 0.2) is 12.5 Å². The molecular formula is C7H5N5. The summed E-state index contributed by atoms with van der Waals surface area (Å²) in [5.41, 5.74) is 1.79. The fourth-order valence-electron chi connectivity index (χ4n) is 1.41. The second-order valence-electron chi connectivity index (χ2n) is 2.64. The lowest BCUT2D eigenvalue weighted by molar-refractivity contribution is 1.03. The lowest BCUT2D eigenvalue weighted by atomic mass is 10.2. The summed E-state index contributed by atoms with van der Waals surface area (Å²) in [6, 6.07) is 0. The zero-order valence-electron chi connectivity index (χ0n) is 6.15. The first-order chi connectivity index (χ1) is 5.95. The molecule has 0 atom stereocenters. The summed E-state index contributed by atoms with van der Waals surface area (Å²) in [7, 11) is 0. The van der Waals surface area contributed by atoms with Crippen LogP contribution in [0, 0.1) is 0 Å². The monoisotopic (exact) mass is 159 g/mol. The summed E-state index contributed by atoms with van der Waals surface area (Å²) in [4.78, 5) is 8.11. The summed E-state index contributed by atoms with van der Waals surface area (Å²) < 4.78 is 0. The highest BCUT2D eigenvalue weighted by atomic mass is 15.2. The quantitative estimate of drug-likeness (QED) is 0.600. The maximum Gasteiger partial charge on any atom is 0.187 e. The third-order valence-electron chi connectivity index (χ3n) is 1.96. The second-order valence-corrected chi connectivity index (χ2v) is 2.64. The van der Waals surface area contributed by atoms with Crippen molar-refractivity contribution in [3.05, 3.63) is 18.1 Å². The van der Waals surface area contributed by atoms with Crippen molar-refractivity contribution in [1.82, 2.24) is 20.2 Å². The van der Waals surface area contributed by atoms with Crippen molar-refractivity contribution in [3.63, 3.8) is 0 Å². The van der Waals surface area contributed by atoms with Crippen LogP contribution in [0.3, 0.4) is 0 Å². The van der Waals surface area contributed by atoms with Gasteiger partial charge in [0, 0.05) is 12.1 Å². The average molecular weight is 159 g/mol. The van der Waals surface area contributed by atoms with Gasteiger partial charge in [-0.3, -0.25) is 0 Å². The number of hydrogen-bond donors (Lipinski definition) is 1. The third kappa shape index (κ3) is 0.578. The zero-order valence-corrected chi connectivity index (χ0v) is 6.15. The van der Waals surface area contributed by atoms with E-state index in [4.69, 9.17) is 0 Å². The molecular weight excluding hydrogens is 154 g/mol. The van der Waals surface area contributed by atoms with Gasteiger partial charge in [-0.25, -0.2) is 9.97 Å². The molecule has 0 aliphatic carbocycles. The Morgan fingerprint density at radius 3 is 3.33 bits per heavy atom. The molecule has 2 aromatic rings. The van der Waals surface area contributed by atoms with Crippen molar-refractivity contribution in [2.45, 2.75) is 6.54 Å². The van der Waals surface area contributed by atoms with Gasteiger partial charge in [0.25, 0.3) is 0 Å².